The molecular weight excluding hydrogens is 336 g/mol. The minimum Gasteiger partial charge on any atom is -0.373 e. The summed E-state index contributed by atoms with van der Waals surface area (Å²) < 4.78 is 0.848. The van der Waals surface area contributed by atoms with E-state index in [1.807, 2.05) is 19.1 Å². The first kappa shape index (κ1) is 15.5. The highest BCUT2D eigenvalue weighted by Gasteiger charge is 2.19. The Balaban J connectivity index is 2.54. The SMILES string of the molecule is C/C=C/CC(O)Nc1c([N+](=O)[O-])ccc2c(Br)cccc12. The maximum Gasteiger partial charge on any atom is 0.293 e. The Morgan fingerprint density at radius 1 is 1.38 bits per heavy atom. The summed E-state index contributed by atoms with van der Waals surface area (Å²) >= 11 is 3.43. The van der Waals surface area contributed by atoms with Crippen LogP contribution in [0.15, 0.2) is 47.0 Å². The van der Waals surface area contributed by atoms with Gasteiger partial charge in [0.25, 0.3) is 5.69 Å². The molecule has 0 aliphatic heterocycles. The van der Waals surface area contributed by atoms with Gasteiger partial charge in [0.15, 0.2) is 0 Å². The number of aliphatic hydroxyl groups excluding tert-OH is 1. The van der Waals surface area contributed by atoms with E-state index in [0.717, 1.165) is 9.86 Å². The molecule has 0 spiro atoms. The number of nitrogens with one attached hydrogen (secondary N) is 1. The van der Waals surface area contributed by atoms with Crippen molar-refractivity contribution in [2.75, 3.05) is 5.32 Å². The van der Waals surface area contributed by atoms with Crippen LogP contribution >= 0.6 is 15.9 Å². The van der Waals surface area contributed by atoms with Crippen LogP contribution in [-0.2, 0) is 0 Å². The van der Waals surface area contributed by atoms with Gasteiger partial charge < -0.3 is 10.4 Å². The molecule has 0 amide bonds. The number of rotatable bonds is 5. The van der Waals surface area contributed by atoms with Crippen LogP contribution in [0.25, 0.3) is 10.8 Å². The number of allylic oxidation sites excluding steroid dienone is 1. The Labute approximate surface area is 130 Å². The predicted molar refractivity (Wildman–Crippen MR) is 87.4 cm³/mol. The molecule has 2 rings (SSSR count). The number of fused-ring (bicyclic) bond motifs is 1. The topological polar surface area (TPSA) is 75.4 Å². The highest BCUT2D eigenvalue weighted by Crippen LogP contribution is 2.36. The minimum absolute atomic E-state index is 0.0554. The number of anilines is 1. The Hall–Kier alpha value is -1.92. The van der Waals surface area contributed by atoms with Crippen molar-refractivity contribution in [3.63, 3.8) is 0 Å². The maximum absolute atomic E-state index is 11.2. The lowest BCUT2D eigenvalue weighted by molar-refractivity contribution is -0.383. The number of aliphatic hydroxyl groups is 1. The third-order valence-electron chi connectivity index (χ3n) is 3.09. The lowest BCUT2D eigenvalue weighted by Gasteiger charge is -2.15. The molecule has 0 saturated heterocycles. The quantitative estimate of drug-likeness (QED) is 0.366. The summed E-state index contributed by atoms with van der Waals surface area (Å²) in [5, 5.41) is 25.6. The zero-order valence-electron chi connectivity index (χ0n) is 11.4. The van der Waals surface area contributed by atoms with Gasteiger partial charge in [-0.2, -0.15) is 0 Å². The second-order valence-electron chi connectivity index (χ2n) is 4.52. The second-order valence-corrected chi connectivity index (χ2v) is 5.37. The van der Waals surface area contributed by atoms with Gasteiger partial charge in [-0.25, -0.2) is 0 Å². The fourth-order valence-corrected chi connectivity index (χ4v) is 2.60. The molecule has 1 atom stereocenters. The first-order valence-electron chi connectivity index (χ1n) is 6.46. The van der Waals surface area contributed by atoms with Crippen LogP contribution in [0.2, 0.25) is 0 Å². The van der Waals surface area contributed by atoms with Crippen molar-refractivity contribution in [2.45, 2.75) is 19.6 Å². The number of hydrogen-bond donors (Lipinski definition) is 2. The Kier molecular flexibility index (Phi) is 4.93. The summed E-state index contributed by atoms with van der Waals surface area (Å²) in [4.78, 5) is 10.8. The van der Waals surface area contributed by atoms with Gasteiger partial charge in [-0.3, -0.25) is 10.1 Å². The molecule has 0 fully saturated rings. The van der Waals surface area contributed by atoms with Gasteiger partial charge in [-0.1, -0.05) is 40.2 Å². The molecule has 2 aromatic rings. The van der Waals surface area contributed by atoms with Gasteiger partial charge in [0, 0.05) is 22.3 Å². The summed E-state index contributed by atoms with van der Waals surface area (Å²) in [5.41, 5.74) is 0.274. The molecule has 0 heterocycles. The van der Waals surface area contributed by atoms with E-state index < -0.39 is 11.2 Å². The number of nitro groups is 1. The minimum atomic E-state index is -0.885. The molecule has 0 radical (unpaired) electrons. The van der Waals surface area contributed by atoms with E-state index in [1.165, 1.54) is 6.07 Å². The van der Waals surface area contributed by atoms with Crippen molar-refractivity contribution in [2.24, 2.45) is 0 Å². The predicted octanol–water partition coefficient (Wildman–Crippen LogP) is 4.21. The monoisotopic (exact) mass is 350 g/mol. The highest BCUT2D eigenvalue weighted by atomic mass is 79.9. The van der Waals surface area contributed by atoms with E-state index in [2.05, 4.69) is 21.2 Å². The fourth-order valence-electron chi connectivity index (χ4n) is 2.10. The third-order valence-corrected chi connectivity index (χ3v) is 3.78. The number of halogens is 1. The molecular formula is C15H15BrN2O3. The van der Waals surface area contributed by atoms with Crippen LogP contribution in [0.5, 0.6) is 0 Å². The van der Waals surface area contributed by atoms with Crippen molar-refractivity contribution in [1.29, 1.82) is 0 Å². The van der Waals surface area contributed by atoms with E-state index in [1.54, 1.807) is 24.3 Å². The van der Waals surface area contributed by atoms with Crippen LogP contribution in [0.3, 0.4) is 0 Å². The molecule has 2 N–H and O–H groups in total. The van der Waals surface area contributed by atoms with E-state index in [4.69, 9.17) is 0 Å². The lowest BCUT2D eigenvalue weighted by Crippen LogP contribution is -2.18. The van der Waals surface area contributed by atoms with Gasteiger partial charge >= 0.3 is 0 Å². The Morgan fingerprint density at radius 3 is 2.81 bits per heavy atom. The van der Waals surface area contributed by atoms with Gasteiger partial charge in [0.05, 0.1) is 4.92 Å². The first-order chi connectivity index (χ1) is 10.0. The van der Waals surface area contributed by atoms with E-state index in [9.17, 15) is 15.2 Å². The molecule has 1 unspecified atom stereocenters. The summed E-state index contributed by atoms with van der Waals surface area (Å²) in [5.74, 6) is 0. The van der Waals surface area contributed by atoms with Gasteiger partial charge in [-0.15, -0.1) is 0 Å². The molecule has 0 aromatic heterocycles. The van der Waals surface area contributed by atoms with Gasteiger partial charge in [-0.05, 0) is 24.4 Å². The maximum atomic E-state index is 11.2. The van der Waals surface area contributed by atoms with E-state index >= 15 is 0 Å². The summed E-state index contributed by atoms with van der Waals surface area (Å²) in [6.45, 7) is 1.85. The lowest BCUT2D eigenvalue weighted by atomic mass is 10.1. The largest absolute Gasteiger partial charge is 0.373 e. The van der Waals surface area contributed by atoms with Crippen LogP contribution in [-0.4, -0.2) is 16.3 Å². The zero-order valence-corrected chi connectivity index (χ0v) is 13.0. The average Bonchev–Trinajstić information content (AvgIpc) is 2.45. The van der Waals surface area contributed by atoms with Crippen LogP contribution in [0, 0.1) is 10.1 Å². The summed E-state index contributed by atoms with van der Waals surface area (Å²) in [7, 11) is 0. The molecule has 0 aliphatic rings. The van der Waals surface area contributed by atoms with Gasteiger partial charge in [0.1, 0.15) is 11.9 Å². The first-order valence-corrected chi connectivity index (χ1v) is 7.25. The summed E-state index contributed by atoms with van der Waals surface area (Å²) in [6, 6.07) is 8.60. The number of nitro benzene ring substituents is 1. The molecule has 5 nitrogen and oxygen atoms in total. The molecule has 0 saturated carbocycles. The summed E-state index contributed by atoms with van der Waals surface area (Å²) in [6.07, 6.45) is 3.10. The smallest absolute Gasteiger partial charge is 0.293 e. The molecule has 0 bridgehead atoms. The van der Waals surface area contributed by atoms with Crippen molar-refractivity contribution >= 4 is 38.1 Å². The Bertz CT molecular complexity index is 701. The van der Waals surface area contributed by atoms with Crippen molar-refractivity contribution in [3.8, 4) is 0 Å². The average molecular weight is 351 g/mol. The Morgan fingerprint density at radius 2 is 2.14 bits per heavy atom. The third kappa shape index (κ3) is 3.40. The molecule has 2 aromatic carbocycles. The van der Waals surface area contributed by atoms with E-state index in [-0.39, 0.29) is 5.69 Å². The van der Waals surface area contributed by atoms with Crippen molar-refractivity contribution in [3.05, 3.63) is 57.1 Å². The second kappa shape index (κ2) is 6.69. The molecule has 0 aliphatic carbocycles. The number of nitrogens with zero attached hydrogens (tertiary/aromatic N) is 1. The standard InChI is InChI=1S/C15H15BrN2O3/c1-2-3-7-14(19)17-15-11-5-4-6-12(16)10(11)8-9-13(15)18(20)21/h2-6,8-9,14,17,19H,7H2,1H3/b3-2+. The van der Waals surface area contributed by atoms with Crippen LogP contribution in [0.4, 0.5) is 11.4 Å². The number of hydrogen-bond acceptors (Lipinski definition) is 4. The molecule has 110 valence electrons. The van der Waals surface area contributed by atoms with Crippen LogP contribution < -0.4 is 5.32 Å². The van der Waals surface area contributed by atoms with Crippen LogP contribution in [0.1, 0.15) is 13.3 Å². The fraction of sp³-hybridized carbons (Fsp3) is 0.200. The van der Waals surface area contributed by atoms with Crippen molar-refractivity contribution in [1.82, 2.24) is 0 Å². The molecule has 21 heavy (non-hydrogen) atoms. The van der Waals surface area contributed by atoms with Gasteiger partial charge in [0.2, 0.25) is 0 Å². The normalized spacial score (nSPS) is 12.7. The zero-order chi connectivity index (χ0) is 15.4. The highest BCUT2D eigenvalue weighted by molar-refractivity contribution is 9.10. The molecule has 6 heteroatoms. The van der Waals surface area contributed by atoms with E-state index in [0.29, 0.717) is 17.5 Å². The number of benzene rings is 2. The van der Waals surface area contributed by atoms with Crippen molar-refractivity contribution < 1.29 is 10.0 Å².